The van der Waals surface area contributed by atoms with Crippen molar-refractivity contribution in [3.8, 4) is 0 Å². The molecule has 0 amide bonds. The normalized spacial score (nSPS) is 36.6. The Kier molecular flexibility index (Phi) is 5.07. The summed E-state index contributed by atoms with van der Waals surface area (Å²) >= 11 is 0. The van der Waals surface area contributed by atoms with Crippen LogP contribution < -0.4 is 0 Å². The number of rotatable bonds is 6. The molecule has 4 nitrogen and oxygen atoms in total. The fourth-order valence-corrected chi connectivity index (χ4v) is 3.26. The van der Waals surface area contributed by atoms with Gasteiger partial charge in [-0.15, -0.1) is 0 Å². The van der Waals surface area contributed by atoms with Crippen LogP contribution in [-0.2, 0) is 25.6 Å². The van der Waals surface area contributed by atoms with Gasteiger partial charge in [-0.25, -0.2) is 0 Å². The van der Waals surface area contributed by atoms with E-state index in [9.17, 15) is 0 Å². The predicted molar refractivity (Wildman–Crippen MR) is 87.8 cm³/mol. The molecule has 0 spiro atoms. The van der Waals surface area contributed by atoms with E-state index in [4.69, 9.17) is 18.9 Å². The second-order valence-corrected chi connectivity index (χ2v) is 7.12. The van der Waals surface area contributed by atoms with Gasteiger partial charge < -0.3 is 18.9 Å². The van der Waals surface area contributed by atoms with Gasteiger partial charge in [0.2, 0.25) is 0 Å². The predicted octanol–water partition coefficient (Wildman–Crippen LogP) is 3.88. The highest BCUT2D eigenvalue weighted by molar-refractivity contribution is 5.13. The smallest absolute Gasteiger partial charge is 0.190 e. The summed E-state index contributed by atoms with van der Waals surface area (Å²) in [5, 5.41) is 0. The Balaban J connectivity index is 1.69. The van der Waals surface area contributed by atoms with Crippen molar-refractivity contribution in [3.05, 3.63) is 35.9 Å². The Morgan fingerprint density at radius 2 is 1.91 bits per heavy atom. The van der Waals surface area contributed by atoms with Gasteiger partial charge in [-0.1, -0.05) is 51.1 Å². The molecule has 3 rings (SSSR count). The standard InChI is InChI=1S/C19H28O4/c1-5-19(4)22-17-16(20-12-14-9-7-6-8-10-14)15(11-13(2)3)21-18(17)23-19/h6-10,13,15-18H,5,11-12H2,1-4H3/t15-,16+,17-,18-,19?/m1/s1. The van der Waals surface area contributed by atoms with E-state index in [0.29, 0.717) is 12.5 Å². The SMILES string of the molecule is CCC1(C)O[C@H]2O[C@H](CC(C)C)[C@H](OCc3ccccc3)[C@H]2O1. The summed E-state index contributed by atoms with van der Waals surface area (Å²) in [6.07, 6.45) is 1.22. The molecule has 1 aromatic rings. The molecule has 0 radical (unpaired) electrons. The Labute approximate surface area is 139 Å². The monoisotopic (exact) mass is 320 g/mol. The van der Waals surface area contributed by atoms with Gasteiger partial charge in [0.1, 0.15) is 12.2 Å². The number of fused-ring (bicyclic) bond motifs is 1. The van der Waals surface area contributed by atoms with Gasteiger partial charge in [0.05, 0.1) is 12.7 Å². The lowest BCUT2D eigenvalue weighted by atomic mass is 10.0. The second kappa shape index (κ2) is 6.89. The lowest BCUT2D eigenvalue weighted by molar-refractivity contribution is -0.230. The van der Waals surface area contributed by atoms with Crippen LogP contribution >= 0.6 is 0 Å². The summed E-state index contributed by atoms with van der Waals surface area (Å²) in [5.41, 5.74) is 1.16. The highest BCUT2D eigenvalue weighted by Crippen LogP contribution is 2.41. The molecule has 1 unspecified atom stereocenters. The van der Waals surface area contributed by atoms with Crippen LogP contribution in [0.4, 0.5) is 0 Å². The minimum atomic E-state index is -0.563. The molecular weight excluding hydrogens is 292 g/mol. The minimum Gasteiger partial charge on any atom is -0.368 e. The van der Waals surface area contributed by atoms with E-state index in [1.54, 1.807) is 0 Å². The molecule has 2 aliphatic rings. The van der Waals surface area contributed by atoms with Crippen molar-refractivity contribution in [2.75, 3.05) is 0 Å². The van der Waals surface area contributed by atoms with Gasteiger partial charge in [0.15, 0.2) is 12.1 Å². The van der Waals surface area contributed by atoms with Crippen LogP contribution in [0.3, 0.4) is 0 Å². The second-order valence-electron chi connectivity index (χ2n) is 7.12. The van der Waals surface area contributed by atoms with Crippen molar-refractivity contribution < 1.29 is 18.9 Å². The molecule has 1 aromatic carbocycles. The lowest BCUT2D eigenvalue weighted by Gasteiger charge is -2.28. The quantitative estimate of drug-likeness (QED) is 0.797. The van der Waals surface area contributed by atoms with E-state index in [1.165, 1.54) is 0 Å². The third-order valence-electron chi connectivity index (χ3n) is 4.65. The average molecular weight is 320 g/mol. The summed E-state index contributed by atoms with van der Waals surface area (Å²) in [7, 11) is 0. The van der Waals surface area contributed by atoms with Gasteiger partial charge in [0, 0.05) is 0 Å². The molecule has 23 heavy (non-hydrogen) atoms. The van der Waals surface area contributed by atoms with E-state index in [-0.39, 0.29) is 24.6 Å². The minimum absolute atomic E-state index is 0.0233. The molecule has 2 heterocycles. The highest BCUT2D eigenvalue weighted by atomic mass is 16.8. The first kappa shape index (κ1) is 16.9. The molecule has 5 atom stereocenters. The maximum Gasteiger partial charge on any atom is 0.190 e. The maximum absolute atomic E-state index is 6.22. The Morgan fingerprint density at radius 1 is 1.17 bits per heavy atom. The third-order valence-corrected chi connectivity index (χ3v) is 4.65. The van der Waals surface area contributed by atoms with Crippen molar-refractivity contribution in [1.82, 2.24) is 0 Å². The van der Waals surface area contributed by atoms with Crippen LogP contribution in [0.25, 0.3) is 0 Å². The van der Waals surface area contributed by atoms with E-state index in [1.807, 2.05) is 25.1 Å². The number of hydrogen-bond donors (Lipinski definition) is 0. The van der Waals surface area contributed by atoms with Crippen molar-refractivity contribution >= 4 is 0 Å². The van der Waals surface area contributed by atoms with Crippen LogP contribution in [0.15, 0.2) is 30.3 Å². The first-order valence-electron chi connectivity index (χ1n) is 8.67. The molecule has 0 bridgehead atoms. The molecule has 0 saturated carbocycles. The zero-order chi connectivity index (χ0) is 16.4. The van der Waals surface area contributed by atoms with Crippen molar-refractivity contribution in [1.29, 1.82) is 0 Å². The van der Waals surface area contributed by atoms with Gasteiger partial charge in [-0.3, -0.25) is 0 Å². The van der Waals surface area contributed by atoms with E-state index in [0.717, 1.165) is 18.4 Å². The summed E-state index contributed by atoms with van der Waals surface area (Å²) in [4.78, 5) is 0. The fourth-order valence-electron chi connectivity index (χ4n) is 3.26. The summed E-state index contributed by atoms with van der Waals surface area (Å²) in [6, 6.07) is 10.2. The number of benzene rings is 1. The first-order valence-corrected chi connectivity index (χ1v) is 8.67. The van der Waals surface area contributed by atoms with Crippen molar-refractivity contribution in [2.24, 2.45) is 5.92 Å². The molecule has 2 fully saturated rings. The molecule has 2 aliphatic heterocycles. The third kappa shape index (κ3) is 3.77. The molecule has 0 N–H and O–H groups in total. The highest BCUT2D eigenvalue weighted by Gasteiger charge is 2.56. The molecule has 128 valence electrons. The van der Waals surface area contributed by atoms with Crippen LogP contribution in [0.2, 0.25) is 0 Å². The Bertz CT molecular complexity index is 503. The van der Waals surface area contributed by atoms with Crippen LogP contribution in [-0.4, -0.2) is 30.4 Å². The largest absolute Gasteiger partial charge is 0.368 e. The van der Waals surface area contributed by atoms with Crippen molar-refractivity contribution in [2.45, 2.75) is 77.5 Å². The average Bonchev–Trinajstić information content (AvgIpc) is 2.99. The zero-order valence-corrected chi connectivity index (χ0v) is 14.5. The Morgan fingerprint density at radius 3 is 2.57 bits per heavy atom. The Hall–Kier alpha value is -0.940. The number of ether oxygens (including phenoxy) is 4. The maximum atomic E-state index is 6.22. The first-order chi connectivity index (χ1) is 11.0. The van der Waals surface area contributed by atoms with Crippen LogP contribution in [0.1, 0.15) is 46.1 Å². The van der Waals surface area contributed by atoms with E-state index in [2.05, 4.69) is 32.9 Å². The number of hydrogen-bond acceptors (Lipinski definition) is 4. The van der Waals surface area contributed by atoms with Crippen molar-refractivity contribution in [3.63, 3.8) is 0 Å². The molecule has 0 aromatic heterocycles. The van der Waals surface area contributed by atoms with Gasteiger partial charge in [-0.2, -0.15) is 0 Å². The molecule has 0 aliphatic carbocycles. The van der Waals surface area contributed by atoms with E-state index >= 15 is 0 Å². The molecule has 2 saturated heterocycles. The van der Waals surface area contributed by atoms with Gasteiger partial charge >= 0.3 is 0 Å². The summed E-state index contributed by atoms with van der Waals surface area (Å²) < 4.78 is 24.5. The lowest BCUT2D eigenvalue weighted by Crippen LogP contribution is -2.38. The van der Waals surface area contributed by atoms with Gasteiger partial charge in [0.25, 0.3) is 0 Å². The molecular formula is C19H28O4. The topological polar surface area (TPSA) is 36.9 Å². The summed E-state index contributed by atoms with van der Waals surface area (Å²) in [6.45, 7) is 9.00. The molecule has 4 heteroatoms. The van der Waals surface area contributed by atoms with E-state index < -0.39 is 5.79 Å². The van der Waals surface area contributed by atoms with Crippen LogP contribution in [0.5, 0.6) is 0 Å². The fraction of sp³-hybridized carbons (Fsp3) is 0.684. The van der Waals surface area contributed by atoms with Gasteiger partial charge in [-0.05, 0) is 31.2 Å². The zero-order valence-electron chi connectivity index (χ0n) is 14.5. The van der Waals surface area contributed by atoms with Crippen LogP contribution in [0, 0.1) is 5.92 Å². The summed E-state index contributed by atoms with van der Waals surface area (Å²) in [5.74, 6) is -0.0221.